The summed E-state index contributed by atoms with van der Waals surface area (Å²) in [5, 5.41) is 8.78. The van der Waals surface area contributed by atoms with Gasteiger partial charge in [0.05, 0.1) is 23.3 Å². The minimum atomic E-state index is 0.499. The van der Waals surface area contributed by atoms with E-state index >= 15 is 0 Å². The SMILES string of the molecule is Brc1cccc(CN=Nc2nc3ccccc3nc2Cc2ccccc2)c1. The third kappa shape index (κ3) is 4.44. The topological polar surface area (TPSA) is 50.5 Å². The average Bonchev–Trinajstić information content (AvgIpc) is 2.69. The van der Waals surface area contributed by atoms with E-state index in [0.29, 0.717) is 18.8 Å². The van der Waals surface area contributed by atoms with Crippen molar-refractivity contribution in [3.05, 3.63) is 100 Å². The molecule has 1 aromatic heterocycles. The molecule has 0 fully saturated rings. The molecule has 0 atom stereocenters. The monoisotopic (exact) mass is 416 g/mol. The van der Waals surface area contributed by atoms with Crippen LogP contribution in [0.25, 0.3) is 11.0 Å². The maximum atomic E-state index is 4.79. The summed E-state index contributed by atoms with van der Waals surface area (Å²) >= 11 is 3.48. The minimum Gasteiger partial charge on any atom is -0.247 e. The van der Waals surface area contributed by atoms with Gasteiger partial charge in [-0.25, -0.2) is 9.97 Å². The minimum absolute atomic E-state index is 0.499. The van der Waals surface area contributed by atoms with Crippen molar-refractivity contribution in [1.82, 2.24) is 9.97 Å². The molecule has 4 aromatic rings. The van der Waals surface area contributed by atoms with Crippen LogP contribution in [-0.2, 0) is 13.0 Å². The number of fused-ring (bicyclic) bond motifs is 1. The van der Waals surface area contributed by atoms with E-state index in [9.17, 15) is 0 Å². The molecule has 3 aromatic carbocycles. The number of hydrogen-bond donors (Lipinski definition) is 0. The maximum Gasteiger partial charge on any atom is 0.196 e. The standard InChI is InChI=1S/C22H17BrN4/c23-18-10-6-9-17(13-18)15-24-27-22-21(14-16-7-2-1-3-8-16)25-19-11-4-5-12-20(19)26-22/h1-13H,14-15H2. The lowest BCUT2D eigenvalue weighted by Gasteiger charge is -2.06. The van der Waals surface area contributed by atoms with E-state index in [1.165, 1.54) is 5.56 Å². The molecule has 1 heterocycles. The number of hydrogen-bond acceptors (Lipinski definition) is 4. The number of rotatable bonds is 5. The molecule has 0 saturated heterocycles. The highest BCUT2D eigenvalue weighted by Gasteiger charge is 2.09. The van der Waals surface area contributed by atoms with Crippen LogP contribution in [0.1, 0.15) is 16.8 Å². The molecule has 4 nitrogen and oxygen atoms in total. The molecule has 4 rings (SSSR count). The Hall–Kier alpha value is -2.92. The third-order valence-corrected chi connectivity index (χ3v) is 4.64. The molecule has 5 heteroatoms. The summed E-state index contributed by atoms with van der Waals surface area (Å²) in [4.78, 5) is 9.47. The number of halogens is 1. The van der Waals surface area contributed by atoms with Gasteiger partial charge in [-0.1, -0.05) is 70.5 Å². The van der Waals surface area contributed by atoms with E-state index in [1.54, 1.807) is 0 Å². The Morgan fingerprint density at radius 3 is 2.22 bits per heavy atom. The molecular formula is C22H17BrN4. The summed E-state index contributed by atoms with van der Waals surface area (Å²) in [6.45, 7) is 0.499. The van der Waals surface area contributed by atoms with Crippen molar-refractivity contribution in [2.24, 2.45) is 10.2 Å². The van der Waals surface area contributed by atoms with E-state index in [2.05, 4.69) is 43.3 Å². The van der Waals surface area contributed by atoms with Gasteiger partial charge in [0.2, 0.25) is 0 Å². The van der Waals surface area contributed by atoms with Gasteiger partial charge in [0.15, 0.2) is 5.82 Å². The van der Waals surface area contributed by atoms with Crippen LogP contribution >= 0.6 is 15.9 Å². The molecule has 0 spiro atoms. The van der Waals surface area contributed by atoms with Gasteiger partial charge in [0, 0.05) is 10.9 Å². The molecule has 0 aliphatic carbocycles. The summed E-state index contributed by atoms with van der Waals surface area (Å²) in [5.74, 6) is 0.576. The zero-order valence-electron chi connectivity index (χ0n) is 14.6. The Balaban J connectivity index is 1.66. The first-order chi connectivity index (χ1) is 13.3. The lowest BCUT2D eigenvalue weighted by Crippen LogP contribution is -1.96. The van der Waals surface area contributed by atoms with Crippen molar-refractivity contribution < 1.29 is 0 Å². The fourth-order valence-corrected chi connectivity index (χ4v) is 3.28. The van der Waals surface area contributed by atoms with Crippen molar-refractivity contribution in [3.8, 4) is 0 Å². The Morgan fingerprint density at radius 1 is 0.741 bits per heavy atom. The lowest BCUT2D eigenvalue weighted by molar-refractivity contribution is 0.929. The smallest absolute Gasteiger partial charge is 0.196 e. The molecule has 0 aliphatic heterocycles. The van der Waals surface area contributed by atoms with Gasteiger partial charge >= 0.3 is 0 Å². The molecule has 0 amide bonds. The van der Waals surface area contributed by atoms with Crippen molar-refractivity contribution in [3.63, 3.8) is 0 Å². The van der Waals surface area contributed by atoms with E-state index in [0.717, 1.165) is 26.8 Å². The normalized spacial score (nSPS) is 11.3. The largest absolute Gasteiger partial charge is 0.247 e. The average molecular weight is 417 g/mol. The number of benzene rings is 3. The fourth-order valence-electron chi connectivity index (χ4n) is 2.83. The molecule has 27 heavy (non-hydrogen) atoms. The zero-order chi connectivity index (χ0) is 18.5. The van der Waals surface area contributed by atoms with Gasteiger partial charge in [-0.2, -0.15) is 5.11 Å². The first-order valence-electron chi connectivity index (χ1n) is 8.69. The van der Waals surface area contributed by atoms with Gasteiger partial charge in [-0.3, -0.25) is 0 Å². The fraction of sp³-hybridized carbons (Fsp3) is 0.0909. The second kappa shape index (κ2) is 8.18. The summed E-state index contributed by atoms with van der Waals surface area (Å²) in [5.41, 5.74) is 4.79. The number of para-hydroxylation sites is 2. The van der Waals surface area contributed by atoms with Crippen LogP contribution in [0.2, 0.25) is 0 Å². The van der Waals surface area contributed by atoms with Crippen LogP contribution in [0.3, 0.4) is 0 Å². The molecule has 132 valence electrons. The lowest BCUT2D eigenvalue weighted by atomic mass is 10.1. The van der Waals surface area contributed by atoms with E-state index < -0.39 is 0 Å². The third-order valence-electron chi connectivity index (χ3n) is 4.14. The van der Waals surface area contributed by atoms with Crippen LogP contribution in [0.5, 0.6) is 0 Å². The first kappa shape index (κ1) is 17.5. The summed E-state index contributed by atoms with van der Waals surface area (Å²) < 4.78 is 1.03. The van der Waals surface area contributed by atoms with Crippen molar-refractivity contribution in [1.29, 1.82) is 0 Å². The van der Waals surface area contributed by atoms with Crippen LogP contribution in [0.15, 0.2) is 93.6 Å². The van der Waals surface area contributed by atoms with Crippen LogP contribution in [0, 0.1) is 0 Å². The van der Waals surface area contributed by atoms with Crippen LogP contribution in [-0.4, -0.2) is 9.97 Å². The highest BCUT2D eigenvalue weighted by atomic mass is 79.9. The maximum absolute atomic E-state index is 4.79. The zero-order valence-corrected chi connectivity index (χ0v) is 16.2. The molecular weight excluding hydrogens is 400 g/mol. The molecule has 0 bridgehead atoms. The number of azo groups is 1. The van der Waals surface area contributed by atoms with Gasteiger partial charge in [0.25, 0.3) is 0 Å². The summed E-state index contributed by atoms with van der Waals surface area (Å²) in [6, 6.07) is 26.1. The Labute approximate surface area is 166 Å². The summed E-state index contributed by atoms with van der Waals surface area (Å²) in [7, 11) is 0. The summed E-state index contributed by atoms with van der Waals surface area (Å²) in [6.07, 6.45) is 0.671. The predicted molar refractivity (Wildman–Crippen MR) is 111 cm³/mol. The number of aromatic nitrogens is 2. The highest BCUT2D eigenvalue weighted by molar-refractivity contribution is 9.10. The van der Waals surface area contributed by atoms with E-state index in [4.69, 9.17) is 4.98 Å². The van der Waals surface area contributed by atoms with Gasteiger partial charge in [0.1, 0.15) is 0 Å². The molecule has 0 saturated carbocycles. The Morgan fingerprint density at radius 2 is 1.44 bits per heavy atom. The first-order valence-corrected chi connectivity index (χ1v) is 9.49. The van der Waals surface area contributed by atoms with Crippen LogP contribution in [0.4, 0.5) is 5.82 Å². The van der Waals surface area contributed by atoms with Gasteiger partial charge in [-0.05, 0) is 35.4 Å². The number of nitrogens with zero attached hydrogens (tertiary/aromatic N) is 4. The Kier molecular flexibility index (Phi) is 5.30. The van der Waals surface area contributed by atoms with Gasteiger partial charge in [-0.15, -0.1) is 5.11 Å². The highest BCUT2D eigenvalue weighted by Crippen LogP contribution is 2.23. The predicted octanol–water partition coefficient (Wildman–Crippen LogP) is 6.27. The molecule has 0 unspecified atom stereocenters. The second-order valence-electron chi connectivity index (χ2n) is 6.17. The molecule has 0 radical (unpaired) electrons. The Bertz CT molecular complexity index is 1090. The molecule has 0 aliphatic rings. The van der Waals surface area contributed by atoms with E-state index in [-0.39, 0.29) is 0 Å². The van der Waals surface area contributed by atoms with Crippen LogP contribution < -0.4 is 0 Å². The van der Waals surface area contributed by atoms with Crippen molar-refractivity contribution in [2.75, 3.05) is 0 Å². The van der Waals surface area contributed by atoms with E-state index in [1.807, 2.05) is 66.7 Å². The van der Waals surface area contributed by atoms with Crippen molar-refractivity contribution >= 4 is 32.8 Å². The van der Waals surface area contributed by atoms with Crippen molar-refractivity contribution in [2.45, 2.75) is 13.0 Å². The quantitative estimate of drug-likeness (QED) is 0.360. The second-order valence-corrected chi connectivity index (χ2v) is 7.09. The molecule has 0 N–H and O–H groups in total. The van der Waals surface area contributed by atoms with Gasteiger partial charge < -0.3 is 0 Å².